The fourth-order valence-electron chi connectivity index (χ4n) is 3.28. The maximum absolute atomic E-state index is 12.6. The Morgan fingerprint density at radius 2 is 2.24 bits per heavy atom. The van der Waals surface area contributed by atoms with E-state index in [2.05, 4.69) is 0 Å². The lowest BCUT2D eigenvalue weighted by atomic mass is 9.96. The summed E-state index contributed by atoms with van der Waals surface area (Å²) in [5.41, 5.74) is 1.26. The molecule has 2 aliphatic heterocycles. The van der Waals surface area contributed by atoms with Gasteiger partial charge in [-0.3, -0.25) is 4.90 Å². The van der Waals surface area contributed by atoms with Crippen LogP contribution in [0.4, 0.5) is 10.5 Å². The molecule has 0 spiro atoms. The highest BCUT2D eigenvalue weighted by atomic mass is 35.5. The van der Waals surface area contributed by atoms with Gasteiger partial charge in [-0.15, -0.1) is 0 Å². The average molecular weight is 306 g/mol. The van der Waals surface area contributed by atoms with Gasteiger partial charge in [-0.25, -0.2) is 4.79 Å². The summed E-state index contributed by atoms with van der Waals surface area (Å²) in [6, 6.07) is 5.29. The molecule has 0 bridgehead atoms. The highest BCUT2D eigenvalue weighted by molar-refractivity contribution is 6.33. The van der Waals surface area contributed by atoms with Gasteiger partial charge in [-0.1, -0.05) is 11.6 Å². The van der Waals surface area contributed by atoms with Crippen LogP contribution < -0.4 is 4.90 Å². The van der Waals surface area contributed by atoms with Crippen LogP contribution in [0.5, 0.6) is 0 Å². The maximum Gasteiger partial charge on any atom is 0.325 e. The quantitative estimate of drug-likeness (QED) is 0.865. The average Bonchev–Trinajstić information content (AvgIpc) is 2.88. The van der Waals surface area contributed by atoms with Gasteiger partial charge in [0, 0.05) is 12.2 Å². The van der Waals surface area contributed by atoms with E-state index in [1.807, 2.05) is 13.0 Å². The normalized spacial score (nSPS) is 28.0. The smallest absolute Gasteiger partial charge is 0.325 e. The molecule has 2 atom stereocenters. The summed E-state index contributed by atoms with van der Waals surface area (Å²) in [5, 5.41) is 19.5. The zero-order valence-corrected chi connectivity index (χ0v) is 12.7. The molecule has 21 heavy (non-hydrogen) atoms. The predicted molar refractivity (Wildman–Crippen MR) is 79.4 cm³/mol. The van der Waals surface area contributed by atoms with Crippen LogP contribution in [0.25, 0.3) is 0 Å². The molecule has 0 aromatic heterocycles. The van der Waals surface area contributed by atoms with E-state index < -0.39 is 11.6 Å². The number of fused-ring (bicyclic) bond motifs is 1. The van der Waals surface area contributed by atoms with Crippen LogP contribution >= 0.6 is 11.6 Å². The number of aliphatic hydroxyl groups is 1. The van der Waals surface area contributed by atoms with Gasteiger partial charge in [0.1, 0.15) is 6.07 Å². The molecule has 2 saturated heterocycles. The van der Waals surface area contributed by atoms with Crippen molar-refractivity contribution < 1.29 is 9.90 Å². The van der Waals surface area contributed by atoms with Gasteiger partial charge in [0.25, 0.3) is 0 Å². The lowest BCUT2D eigenvalue weighted by Gasteiger charge is -2.28. The molecule has 1 aromatic rings. The number of carbonyl (C=O) groups excluding carboxylic acids is 1. The van der Waals surface area contributed by atoms with Gasteiger partial charge in [0.2, 0.25) is 0 Å². The number of benzene rings is 1. The van der Waals surface area contributed by atoms with E-state index in [0.717, 1.165) is 0 Å². The molecule has 0 radical (unpaired) electrons. The molecular weight excluding hydrogens is 290 g/mol. The van der Waals surface area contributed by atoms with Crippen LogP contribution in [-0.4, -0.2) is 40.8 Å². The summed E-state index contributed by atoms with van der Waals surface area (Å²) >= 11 is 6.19. The van der Waals surface area contributed by atoms with Crippen molar-refractivity contribution in [1.82, 2.24) is 4.90 Å². The van der Waals surface area contributed by atoms with Crippen LogP contribution in [0.3, 0.4) is 0 Å². The van der Waals surface area contributed by atoms with Crippen molar-refractivity contribution in [2.24, 2.45) is 0 Å². The molecule has 1 aromatic carbocycles. The number of hydrogen-bond acceptors (Lipinski definition) is 3. The number of nitriles is 1. The Hall–Kier alpha value is -1.77. The van der Waals surface area contributed by atoms with E-state index in [1.165, 1.54) is 0 Å². The molecule has 2 aliphatic rings. The second kappa shape index (κ2) is 4.62. The number of urea groups is 1. The minimum atomic E-state index is -0.552. The van der Waals surface area contributed by atoms with Gasteiger partial charge in [0.05, 0.1) is 28.8 Å². The summed E-state index contributed by atoms with van der Waals surface area (Å²) in [4.78, 5) is 16.0. The van der Waals surface area contributed by atoms with Gasteiger partial charge >= 0.3 is 6.03 Å². The lowest BCUT2D eigenvalue weighted by molar-refractivity contribution is 0.0829. The van der Waals surface area contributed by atoms with E-state index in [0.29, 0.717) is 41.3 Å². The van der Waals surface area contributed by atoms with Crippen LogP contribution in [-0.2, 0) is 0 Å². The second-order valence-corrected chi connectivity index (χ2v) is 6.24. The molecule has 3 rings (SSSR count). The molecule has 2 heterocycles. The molecule has 110 valence electrons. The zero-order chi connectivity index (χ0) is 15.4. The Morgan fingerprint density at radius 3 is 2.86 bits per heavy atom. The zero-order valence-electron chi connectivity index (χ0n) is 11.9. The minimum absolute atomic E-state index is 0.113. The van der Waals surface area contributed by atoms with Gasteiger partial charge < -0.3 is 10.0 Å². The van der Waals surface area contributed by atoms with Crippen molar-refractivity contribution in [2.45, 2.75) is 31.9 Å². The first-order chi connectivity index (χ1) is 9.90. The summed E-state index contributed by atoms with van der Waals surface area (Å²) in [6.07, 6.45) is 0.101. The Balaban J connectivity index is 2.02. The van der Waals surface area contributed by atoms with E-state index in [1.54, 1.807) is 28.9 Å². The summed E-state index contributed by atoms with van der Waals surface area (Å²) < 4.78 is 0. The first-order valence-electron chi connectivity index (χ1n) is 6.86. The van der Waals surface area contributed by atoms with E-state index >= 15 is 0 Å². The molecular formula is C15H16ClN3O2. The number of halogens is 1. The third-order valence-corrected chi connectivity index (χ3v) is 5.16. The largest absolute Gasteiger partial charge is 0.391 e. The molecule has 0 aliphatic carbocycles. The molecule has 0 saturated carbocycles. The molecule has 6 heteroatoms. The Morgan fingerprint density at radius 1 is 1.52 bits per heavy atom. The number of aliphatic hydroxyl groups excluding tert-OH is 1. The van der Waals surface area contributed by atoms with E-state index in [4.69, 9.17) is 16.9 Å². The molecule has 1 unspecified atom stereocenters. The van der Waals surface area contributed by atoms with Crippen LogP contribution in [0.1, 0.15) is 24.5 Å². The number of carbonyl (C=O) groups is 1. The number of anilines is 1. The van der Waals surface area contributed by atoms with E-state index in [-0.39, 0.29) is 6.03 Å². The van der Waals surface area contributed by atoms with Gasteiger partial charge in [0.15, 0.2) is 0 Å². The third-order valence-electron chi connectivity index (χ3n) is 4.67. The Labute approximate surface area is 128 Å². The molecule has 5 nitrogen and oxygen atoms in total. The fourth-order valence-corrected chi connectivity index (χ4v) is 3.48. The summed E-state index contributed by atoms with van der Waals surface area (Å²) in [6.45, 7) is 4.70. The Kier molecular flexibility index (Phi) is 3.12. The number of nitrogens with zero attached hydrogens (tertiary/aromatic N) is 3. The van der Waals surface area contributed by atoms with Gasteiger partial charge in [-0.05, 0) is 38.0 Å². The van der Waals surface area contributed by atoms with Crippen LogP contribution in [0.15, 0.2) is 12.1 Å². The van der Waals surface area contributed by atoms with Gasteiger partial charge in [-0.2, -0.15) is 5.26 Å². The highest BCUT2D eigenvalue weighted by Crippen LogP contribution is 2.40. The van der Waals surface area contributed by atoms with E-state index in [9.17, 15) is 9.90 Å². The molecule has 2 fully saturated rings. The number of rotatable bonds is 1. The van der Waals surface area contributed by atoms with Crippen molar-refractivity contribution in [2.75, 3.05) is 18.0 Å². The van der Waals surface area contributed by atoms with Crippen LogP contribution in [0.2, 0.25) is 5.02 Å². The van der Waals surface area contributed by atoms with Crippen molar-refractivity contribution in [3.8, 4) is 6.07 Å². The maximum atomic E-state index is 12.6. The van der Waals surface area contributed by atoms with Crippen molar-refractivity contribution in [1.29, 1.82) is 5.26 Å². The van der Waals surface area contributed by atoms with Crippen molar-refractivity contribution >= 4 is 23.3 Å². The number of hydrogen-bond donors (Lipinski definition) is 1. The SMILES string of the molecule is Cc1c(N2C[C@]3(C)C(O)CCN3C2=O)ccc(C#N)c1Cl. The first-order valence-corrected chi connectivity index (χ1v) is 7.24. The first kappa shape index (κ1) is 14.2. The predicted octanol–water partition coefficient (Wildman–Crippen LogP) is 2.29. The minimum Gasteiger partial charge on any atom is -0.391 e. The molecule has 1 N–H and O–H groups in total. The van der Waals surface area contributed by atoms with Crippen molar-refractivity contribution in [3.05, 3.63) is 28.3 Å². The molecule has 2 amide bonds. The van der Waals surface area contributed by atoms with Crippen LogP contribution in [0, 0.1) is 18.3 Å². The summed E-state index contributed by atoms with van der Waals surface area (Å²) in [5.74, 6) is 0. The highest BCUT2D eigenvalue weighted by Gasteiger charge is 2.54. The second-order valence-electron chi connectivity index (χ2n) is 5.87. The Bertz CT molecular complexity index is 670. The standard InChI is InChI=1S/C15H16ClN3O2/c1-9-11(4-3-10(7-17)13(9)16)18-8-15(2)12(20)5-6-19(15)14(18)21/h3-4,12,20H,5-6,8H2,1-2H3/t12?,15-/m1/s1. The summed E-state index contributed by atoms with van der Waals surface area (Å²) in [7, 11) is 0. The van der Waals surface area contributed by atoms with Crippen molar-refractivity contribution in [3.63, 3.8) is 0 Å². The monoisotopic (exact) mass is 305 g/mol. The topological polar surface area (TPSA) is 67.6 Å². The fraction of sp³-hybridized carbons (Fsp3) is 0.467. The number of amides is 2. The lowest BCUT2D eigenvalue weighted by Crippen LogP contribution is -2.46. The third kappa shape index (κ3) is 1.83.